The van der Waals surface area contributed by atoms with Crippen molar-refractivity contribution in [2.24, 2.45) is 23.7 Å². The lowest BCUT2D eigenvalue weighted by Gasteiger charge is -2.33. The molecule has 0 spiro atoms. The number of hydrogen-bond donors (Lipinski definition) is 0. The van der Waals surface area contributed by atoms with Crippen molar-refractivity contribution in [3.05, 3.63) is 0 Å². The van der Waals surface area contributed by atoms with E-state index < -0.39 is 0 Å². The molecule has 0 aromatic rings. The van der Waals surface area contributed by atoms with Gasteiger partial charge in [-0.3, -0.25) is 0 Å². The number of unbranched alkanes of at least 4 members (excludes halogenated alkanes) is 1. The van der Waals surface area contributed by atoms with E-state index in [0.717, 1.165) is 23.7 Å². The van der Waals surface area contributed by atoms with Crippen molar-refractivity contribution in [1.82, 2.24) is 0 Å². The summed E-state index contributed by atoms with van der Waals surface area (Å²) < 4.78 is 0. The van der Waals surface area contributed by atoms with Crippen LogP contribution in [0.5, 0.6) is 0 Å². The van der Waals surface area contributed by atoms with Crippen molar-refractivity contribution in [2.45, 2.75) is 73.6 Å². The third-order valence-electron chi connectivity index (χ3n) is 3.84. The van der Waals surface area contributed by atoms with Gasteiger partial charge < -0.3 is 0 Å². The van der Waals surface area contributed by atoms with Crippen LogP contribution in [-0.4, -0.2) is 0 Å². The Bertz CT molecular complexity index is 137. The molecule has 0 bridgehead atoms. The van der Waals surface area contributed by atoms with Crippen molar-refractivity contribution >= 4 is 0 Å². The third kappa shape index (κ3) is 5.58. The summed E-state index contributed by atoms with van der Waals surface area (Å²) in [5, 5.41) is 0. The minimum Gasteiger partial charge on any atom is -0.0654 e. The van der Waals surface area contributed by atoms with Crippen LogP contribution >= 0.6 is 0 Å². The maximum atomic E-state index is 2.46. The molecule has 0 nitrogen and oxygen atoms in total. The summed E-state index contributed by atoms with van der Waals surface area (Å²) in [6.07, 6.45) is 6.91. The Balaban J connectivity index is 4.23. The van der Waals surface area contributed by atoms with Crippen LogP contribution in [0, 0.1) is 23.7 Å². The first kappa shape index (κ1) is 15.0. The maximum Gasteiger partial charge on any atom is -0.0340 e. The summed E-state index contributed by atoms with van der Waals surface area (Å²) in [5.41, 5.74) is 0. The molecule has 0 radical (unpaired) electrons. The molecule has 0 aliphatic carbocycles. The van der Waals surface area contributed by atoms with Gasteiger partial charge >= 0.3 is 0 Å². The standard InChI is InChI=1S/C15H32/c1-7-9-11-14(6)15(12(3)4)13(5)10-8-2/h12-15H,7-11H2,1-6H3. The van der Waals surface area contributed by atoms with E-state index in [1.807, 2.05) is 0 Å². The maximum absolute atomic E-state index is 2.46. The molecule has 0 N–H and O–H groups in total. The quantitative estimate of drug-likeness (QED) is 0.497. The van der Waals surface area contributed by atoms with Crippen LogP contribution in [0.25, 0.3) is 0 Å². The lowest BCUT2D eigenvalue weighted by atomic mass is 9.73. The summed E-state index contributed by atoms with van der Waals surface area (Å²) in [6, 6.07) is 0. The first-order valence-electron chi connectivity index (χ1n) is 7.04. The Morgan fingerprint density at radius 1 is 0.733 bits per heavy atom. The largest absolute Gasteiger partial charge is 0.0654 e. The lowest BCUT2D eigenvalue weighted by Crippen LogP contribution is -2.25. The second-order valence-electron chi connectivity index (χ2n) is 5.71. The van der Waals surface area contributed by atoms with Crippen LogP contribution in [0.3, 0.4) is 0 Å². The Morgan fingerprint density at radius 3 is 1.67 bits per heavy atom. The van der Waals surface area contributed by atoms with E-state index >= 15 is 0 Å². The van der Waals surface area contributed by atoms with E-state index in [-0.39, 0.29) is 0 Å². The van der Waals surface area contributed by atoms with E-state index in [9.17, 15) is 0 Å². The predicted molar refractivity (Wildman–Crippen MR) is 71.1 cm³/mol. The molecule has 0 aromatic heterocycles. The van der Waals surface area contributed by atoms with Gasteiger partial charge in [0.25, 0.3) is 0 Å². The van der Waals surface area contributed by atoms with Crippen molar-refractivity contribution in [3.63, 3.8) is 0 Å². The summed E-state index contributed by atoms with van der Waals surface area (Å²) in [6.45, 7) is 14.3. The lowest BCUT2D eigenvalue weighted by molar-refractivity contribution is 0.167. The second-order valence-corrected chi connectivity index (χ2v) is 5.71. The van der Waals surface area contributed by atoms with E-state index in [1.165, 1.54) is 32.1 Å². The van der Waals surface area contributed by atoms with Gasteiger partial charge in [0.15, 0.2) is 0 Å². The van der Waals surface area contributed by atoms with Crippen LogP contribution in [0.1, 0.15) is 73.6 Å². The van der Waals surface area contributed by atoms with Gasteiger partial charge in [0.05, 0.1) is 0 Å². The SMILES string of the molecule is CCCCC(C)C(C(C)C)C(C)CCC. The molecule has 0 aliphatic heterocycles. The molecule has 0 fully saturated rings. The topological polar surface area (TPSA) is 0 Å². The summed E-state index contributed by atoms with van der Waals surface area (Å²) in [7, 11) is 0. The molecular weight excluding hydrogens is 180 g/mol. The van der Waals surface area contributed by atoms with Gasteiger partial charge in [-0.15, -0.1) is 0 Å². The van der Waals surface area contributed by atoms with Crippen molar-refractivity contribution < 1.29 is 0 Å². The fourth-order valence-electron chi connectivity index (χ4n) is 3.24. The Labute approximate surface area is 97.8 Å². The van der Waals surface area contributed by atoms with Gasteiger partial charge in [0, 0.05) is 0 Å². The minimum absolute atomic E-state index is 0.846. The fraction of sp³-hybridized carbons (Fsp3) is 1.00. The van der Waals surface area contributed by atoms with Crippen molar-refractivity contribution in [2.75, 3.05) is 0 Å². The number of hydrogen-bond acceptors (Lipinski definition) is 0. The van der Waals surface area contributed by atoms with Gasteiger partial charge in [0.1, 0.15) is 0 Å². The van der Waals surface area contributed by atoms with Crippen LogP contribution in [0.2, 0.25) is 0 Å². The van der Waals surface area contributed by atoms with Gasteiger partial charge in [-0.1, -0.05) is 73.6 Å². The Hall–Kier alpha value is 0. The zero-order valence-electron chi connectivity index (χ0n) is 11.8. The van der Waals surface area contributed by atoms with E-state index in [2.05, 4.69) is 41.5 Å². The number of rotatable bonds is 8. The van der Waals surface area contributed by atoms with E-state index in [4.69, 9.17) is 0 Å². The highest BCUT2D eigenvalue weighted by atomic mass is 14.3. The molecule has 0 aromatic carbocycles. The van der Waals surface area contributed by atoms with Crippen molar-refractivity contribution in [1.29, 1.82) is 0 Å². The smallest absolute Gasteiger partial charge is 0.0340 e. The monoisotopic (exact) mass is 212 g/mol. The molecule has 0 aliphatic rings. The summed E-state index contributed by atoms with van der Waals surface area (Å²) >= 11 is 0. The molecule has 0 heterocycles. The van der Waals surface area contributed by atoms with Crippen LogP contribution in [0.15, 0.2) is 0 Å². The van der Waals surface area contributed by atoms with Crippen LogP contribution in [0.4, 0.5) is 0 Å². The fourth-order valence-corrected chi connectivity index (χ4v) is 3.24. The van der Waals surface area contributed by atoms with Gasteiger partial charge in [0.2, 0.25) is 0 Å². The average molecular weight is 212 g/mol. The molecule has 3 atom stereocenters. The minimum atomic E-state index is 0.846. The zero-order chi connectivity index (χ0) is 11.8. The molecule has 0 heteroatoms. The molecule has 15 heavy (non-hydrogen) atoms. The molecular formula is C15H32. The molecule has 3 unspecified atom stereocenters. The predicted octanol–water partition coefficient (Wildman–Crippen LogP) is 5.52. The molecule has 0 amide bonds. The van der Waals surface area contributed by atoms with E-state index in [1.54, 1.807) is 0 Å². The highest BCUT2D eigenvalue weighted by molar-refractivity contribution is 4.75. The molecule has 92 valence electrons. The first-order valence-corrected chi connectivity index (χ1v) is 7.04. The Morgan fingerprint density at radius 2 is 1.27 bits per heavy atom. The highest BCUT2D eigenvalue weighted by Gasteiger charge is 2.25. The normalized spacial score (nSPS) is 17.8. The van der Waals surface area contributed by atoms with Gasteiger partial charge in [-0.25, -0.2) is 0 Å². The zero-order valence-corrected chi connectivity index (χ0v) is 11.8. The molecule has 0 saturated heterocycles. The first-order chi connectivity index (χ1) is 7.04. The van der Waals surface area contributed by atoms with E-state index in [0.29, 0.717) is 0 Å². The van der Waals surface area contributed by atoms with Crippen LogP contribution < -0.4 is 0 Å². The Kier molecular flexibility index (Phi) is 8.19. The van der Waals surface area contributed by atoms with Crippen molar-refractivity contribution in [3.8, 4) is 0 Å². The molecule has 0 rings (SSSR count). The second kappa shape index (κ2) is 8.19. The average Bonchev–Trinajstić information content (AvgIpc) is 2.14. The third-order valence-corrected chi connectivity index (χ3v) is 3.84. The van der Waals surface area contributed by atoms with Gasteiger partial charge in [-0.2, -0.15) is 0 Å². The highest BCUT2D eigenvalue weighted by Crippen LogP contribution is 2.33. The van der Waals surface area contributed by atoms with Crippen LogP contribution in [-0.2, 0) is 0 Å². The summed E-state index contributed by atoms with van der Waals surface area (Å²) in [4.78, 5) is 0. The van der Waals surface area contributed by atoms with Gasteiger partial charge in [-0.05, 0) is 23.7 Å². The molecule has 0 saturated carbocycles. The summed E-state index contributed by atoms with van der Waals surface area (Å²) in [5.74, 6) is 3.59.